The summed E-state index contributed by atoms with van der Waals surface area (Å²) >= 11 is 0. The molecule has 0 bridgehead atoms. The Kier molecular flexibility index (Phi) is 3.32. The largest absolute Gasteiger partial charge is 0.429 e. The molecule has 1 unspecified atom stereocenters. The van der Waals surface area contributed by atoms with E-state index in [1.807, 2.05) is 0 Å². The molecule has 0 radical (unpaired) electrons. The lowest BCUT2D eigenvalue weighted by Gasteiger charge is -2.58. The first-order valence-electron chi connectivity index (χ1n) is 8.08. The summed E-state index contributed by atoms with van der Waals surface area (Å²) in [6, 6.07) is 0. The number of fused-ring (bicyclic) bond motifs is 1. The minimum Gasteiger partial charge on any atom is -0.429 e. The molecule has 1 heterocycles. The second kappa shape index (κ2) is 4.70. The van der Waals surface area contributed by atoms with E-state index in [1.54, 1.807) is 6.08 Å². The molecule has 1 saturated carbocycles. The maximum absolute atomic E-state index is 11.6. The summed E-state index contributed by atoms with van der Waals surface area (Å²) in [7, 11) is 0. The highest BCUT2D eigenvalue weighted by Gasteiger charge is 2.57. The van der Waals surface area contributed by atoms with Crippen LogP contribution in [0.2, 0.25) is 0 Å². The molecule has 0 amide bonds. The van der Waals surface area contributed by atoms with Gasteiger partial charge in [-0.05, 0) is 49.9 Å². The lowest BCUT2D eigenvalue weighted by Crippen LogP contribution is -2.51. The van der Waals surface area contributed by atoms with Gasteiger partial charge in [0.2, 0.25) is 6.29 Å². The van der Waals surface area contributed by atoms with Gasteiger partial charge in [-0.1, -0.05) is 32.4 Å². The van der Waals surface area contributed by atoms with Gasteiger partial charge in [-0.15, -0.1) is 0 Å². The average Bonchev–Trinajstić information content (AvgIpc) is 2.77. The molecule has 1 N–H and O–H groups in total. The Labute approximate surface area is 127 Å². The van der Waals surface area contributed by atoms with Gasteiger partial charge in [0, 0.05) is 17.1 Å². The van der Waals surface area contributed by atoms with Gasteiger partial charge in [-0.25, -0.2) is 4.79 Å². The van der Waals surface area contributed by atoms with E-state index in [0.29, 0.717) is 11.8 Å². The van der Waals surface area contributed by atoms with E-state index in [1.165, 1.54) is 12.0 Å². The van der Waals surface area contributed by atoms with Crippen LogP contribution in [0.15, 0.2) is 23.3 Å². The Morgan fingerprint density at radius 1 is 1.33 bits per heavy atom. The first kappa shape index (κ1) is 14.8. The maximum Gasteiger partial charge on any atom is 0.333 e. The van der Waals surface area contributed by atoms with Crippen LogP contribution in [0.1, 0.15) is 53.4 Å². The van der Waals surface area contributed by atoms with Gasteiger partial charge < -0.3 is 9.84 Å². The second-order valence-electron chi connectivity index (χ2n) is 7.55. The summed E-state index contributed by atoms with van der Waals surface area (Å²) in [5, 5.41) is 10.2. The highest BCUT2D eigenvalue weighted by Crippen LogP contribution is 2.63. The Bertz CT molecular complexity index is 533. The summed E-state index contributed by atoms with van der Waals surface area (Å²) in [4.78, 5) is 11.6. The summed E-state index contributed by atoms with van der Waals surface area (Å²) in [5.41, 5.74) is 2.27. The van der Waals surface area contributed by atoms with Crippen molar-refractivity contribution in [2.24, 2.45) is 22.7 Å². The van der Waals surface area contributed by atoms with Crippen molar-refractivity contribution >= 4 is 5.97 Å². The molecule has 0 spiro atoms. The van der Waals surface area contributed by atoms with E-state index < -0.39 is 12.3 Å². The van der Waals surface area contributed by atoms with Crippen LogP contribution in [0.25, 0.3) is 0 Å². The molecule has 3 nitrogen and oxygen atoms in total. The van der Waals surface area contributed by atoms with E-state index in [2.05, 4.69) is 33.8 Å². The number of carbonyl (C=O) groups is 1. The average molecular weight is 290 g/mol. The summed E-state index contributed by atoms with van der Waals surface area (Å²) < 4.78 is 4.99. The Morgan fingerprint density at radius 3 is 2.67 bits per heavy atom. The smallest absolute Gasteiger partial charge is 0.333 e. The highest BCUT2D eigenvalue weighted by molar-refractivity contribution is 5.86. The highest BCUT2D eigenvalue weighted by atomic mass is 16.6. The molecule has 1 aliphatic heterocycles. The van der Waals surface area contributed by atoms with Crippen LogP contribution in [-0.2, 0) is 9.53 Å². The van der Waals surface area contributed by atoms with Crippen LogP contribution in [-0.4, -0.2) is 17.4 Å². The molecule has 0 saturated heterocycles. The monoisotopic (exact) mass is 290 g/mol. The number of aliphatic hydroxyl groups excluding tert-OH is 1. The summed E-state index contributed by atoms with van der Waals surface area (Å²) in [5.74, 6) is 0.493. The molecule has 0 aromatic heterocycles. The third-order valence-electron chi connectivity index (χ3n) is 6.81. The minimum atomic E-state index is -1.06. The fourth-order valence-corrected chi connectivity index (χ4v) is 5.10. The zero-order valence-corrected chi connectivity index (χ0v) is 13.5. The Balaban J connectivity index is 2.09. The summed E-state index contributed by atoms with van der Waals surface area (Å²) in [6.07, 6.45) is 7.37. The zero-order valence-electron chi connectivity index (χ0n) is 13.5. The second-order valence-corrected chi connectivity index (χ2v) is 7.55. The zero-order chi connectivity index (χ0) is 15.4. The van der Waals surface area contributed by atoms with Crippen molar-refractivity contribution in [3.63, 3.8) is 0 Å². The molecule has 1 fully saturated rings. The van der Waals surface area contributed by atoms with E-state index in [0.717, 1.165) is 24.8 Å². The van der Waals surface area contributed by atoms with Gasteiger partial charge in [0.1, 0.15) is 0 Å². The van der Waals surface area contributed by atoms with Crippen LogP contribution < -0.4 is 0 Å². The predicted octanol–water partition coefficient (Wildman–Crippen LogP) is 3.59. The van der Waals surface area contributed by atoms with E-state index in [9.17, 15) is 9.90 Å². The van der Waals surface area contributed by atoms with Crippen LogP contribution in [0.4, 0.5) is 0 Å². The molecule has 3 rings (SSSR count). The molecule has 0 aromatic rings. The first-order chi connectivity index (χ1) is 9.80. The van der Waals surface area contributed by atoms with Gasteiger partial charge in [-0.2, -0.15) is 0 Å². The number of esters is 1. The number of aliphatic hydroxyl groups is 1. The first-order valence-corrected chi connectivity index (χ1v) is 8.08. The molecule has 3 heteroatoms. The van der Waals surface area contributed by atoms with E-state index in [-0.39, 0.29) is 10.8 Å². The molecule has 116 valence electrons. The van der Waals surface area contributed by atoms with Crippen molar-refractivity contribution in [3.8, 4) is 0 Å². The molecule has 2 aliphatic carbocycles. The molecule has 5 atom stereocenters. The van der Waals surface area contributed by atoms with Crippen LogP contribution >= 0.6 is 0 Å². The van der Waals surface area contributed by atoms with Crippen molar-refractivity contribution in [2.45, 2.75) is 59.7 Å². The predicted molar refractivity (Wildman–Crippen MR) is 81.3 cm³/mol. The normalized spacial score (nSPS) is 46.5. The Morgan fingerprint density at radius 2 is 2.05 bits per heavy atom. The third-order valence-corrected chi connectivity index (χ3v) is 6.81. The number of hydrogen-bond donors (Lipinski definition) is 1. The number of ether oxygens (including phenoxy) is 1. The number of hydrogen-bond acceptors (Lipinski definition) is 3. The van der Waals surface area contributed by atoms with Gasteiger partial charge in [0.25, 0.3) is 0 Å². The number of cyclic esters (lactones) is 1. The maximum atomic E-state index is 11.6. The molecule has 3 aliphatic rings. The third kappa shape index (κ3) is 1.93. The topological polar surface area (TPSA) is 46.5 Å². The van der Waals surface area contributed by atoms with Crippen LogP contribution in [0.3, 0.4) is 0 Å². The number of carbonyl (C=O) groups excluding carboxylic acids is 1. The van der Waals surface area contributed by atoms with Crippen molar-refractivity contribution in [1.29, 1.82) is 0 Å². The van der Waals surface area contributed by atoms with Crippen LogP contribution in [0.5, 0.6) is 0 Å². The lowest BCUT2D eigenvalue weighted by molar-refractivity contribution is -0.154. The van der Waals surface area contributed by atoms with Gasteiger partial charge >= 0.3 is 5.97 Å². The molecular weight excluding hydrogens is 264 g/mol. The van der Waals surface area contributed by atoms with Gasteiger partial charge in [0.05, 0.1) is 0 Å². The summed E-state index contributed by atoms with van der Waals surface area (Å²) in [6.45, 7) is 9.08. The van der Waals surface area contributed by atoms with Gasteiger partial charge in [-0.3, -0.25) is 0 Å². The standard InChI is InChI=1S/C18H26O3/c1-11-6-5-7-14-17(11,3)9-8-12(2)18(14,4)13-10-15(19)21-16(13)20/h6,10,12,14,16,20H,5,7-9H2,1-4H3/t12-,14?,16-,17+,18-/m1/s1. The molecule has 0 aromatic carbocycles. The number of allylic oxidation sites excluding steroid dienone is 2. The minimum absolute atomic E-state index is 0.172. The van der Waals surface area contributed by atoms with Gasteiger partial charge in [0.15, 0.2) is 0 Å². The van der Waals surface area contributed by atoms with Crippen LogP contribution in [0, 0.1) is 22.7 Å². The van der Waals surface area contributed by atoms with Crippen molar-refractivity contribution < 1.29 is 14.6 Å². The number of rotatable bonds is 1. The lowest BCUT2D eigenvalue weighted by atomic mass is 9.46. The molecule has 21 heavy (non-hydrogen) atoms. The SMILES string of the molecule is CC1=CCCC2[C@@]1(C)CC[C@@H](C)[C@]2(C)C1=CC(=O)O[C@H]1O. The van der Waals surface area contributed by atoms with E-state index in [4.69, 9.17) is 4.74 Å². The fraction of sp³-hybridized carbons (Fsp3) is 0.722. The quantitative estimate of drug-likeness (QED) is 0.593. The molecular formula is C18H26O3. The van der Waals surface area contributed by atoms with E-state index >= 15 is 0 Å². The van der Waals surface area contributed by atoms with Crippen molar-refractivity contribution in [2.75, 3.05) is 0 Å². The fourth-order valence-electron chi connectivity index (χ4n) is 5.10. The Hall–Kier alpha value is -1.09. The van der Waals surface area contributed by atoms with Crippen molar-refractivity contribution in [3.05, 3.63) is 23.3 Å². The van der Waals surface area contributed by atoms with Crippen molar-refractivity contribution in [1.82, 2.24) is 0 Å².